The number of amides is 1. The zero-order valence-corrected chi connectivity index (χ0v) is 20.6. The first-order valence-corrected chi connectivity index (χ1v) is 11.9. The molecule has 36 heavy (non-hydrogen) atoms. The lowest BCUT2D eigenvalue weighted by Gasteiger charge is -2.23. The number of aliphatic hydroxyl groups excluding tert-OH is 1. The van der Waals surface area contributed by atoms with Crippen LogP contribution >= 0.6 is 22.9 Å². The minimum Gasteiger partial charge on any atom is -0.507 e. The van der Waals surface area contributed by atoms with E-state index in [-0.39, 0.29) is 28.0 Å². The van der Waals surface area contributed by atoms with E-state index in [0.717, 1.165) is 4.70 Å². The fourth-order valence-corrected chi connectivity index (χ4v) is 5.24. The number of Topliss-reactive ketones (excluding diaryl/α,β-unsaturated/α-hetero) is 1. The van der Waals surface area contributed by atoms with E-state index in [2.05, 4.69) is 4.98 Å². The summed E-state index contributed by atoms with van der Waals surface area (Å²) in [5, 5.41) is 22.1. The highest BCUT2D eigenvalue weighted by molar-refractivity contribution is 7.22. The molecule has 0 spiro atoms. The fraction of sp³-hybridized carbons (Fsp3) is 0.115. The zero-order chi connectivity index (χ0) is 25.6. The van der Waals surface area contributed by atoms with Crippen LogP contribution in [0.4, 0.5) is 5.13 Å². The molecule has 2 N–H and O–H groups in total. The van der Waals surface area contributed by atoms with Gasteiger partial charge in [-0.3, -0.25) is 14.5 Å². The number of phenols is 1. The number of hydrogen-bond donors (Lipinski definition) is 2. The molecule has 1 aliphatic heterocycles. The van der Waals surface area contributed by atoms with E-state index < -0.39 is 17.7 Å². The molecule has 10 heteroatoms. The van der Waals surface area contributed by atoms with Gasteiger partial charge >= 0.3 is 5.91 Å². The van der Waals surface area contributed by atoms with Gasteiger partial charge in [0.15, 0.2) is 16.6 Å². The van der Waals surface area contributed by atoms with Crippen LogP contribution in [-0.4, -0.2) is 41.1 Å². The number of ketones is 1. The van der Waals surface area contributed by atoms with Crippen molar-refractivity contribution in [1.82, 2.24) is 4.98 Å². The molecule has 1 amide bonds. The highest BCUT2D eigenvalue weighted by atomic mass is 35.5. The van der Waals surface area contributed by atoms with Gasteiger partial charge in [-0.1, -0.05) is 29.0 Å². The second-order valence-electron chi connectivity index (χ2n) is 7.94. The summed E-state index contributed by atoms with van der Waals surface area (Å²) in [4.78, 5) is 32.6. The molecule has 0 aliphatic carbocycles. The smallest absolute Gasteiger partial charge is 0.301 e. The number of aromatic hydroxyl groups is 1. The van der Waals surface area contributed by atoms with Crippen LogP contribution in [-0.2, 0) is 9.59 Å². The van der Waals surface area contributed by atoms with Gasteiger partial charge < -0.3 is 19.7 Å². The number of benzene rings is 3. The lowest BCUT2D eigenvalue weighted by Crippen LogP contribution is -2.29. The topological polar surface area (TPSA) is 109 Å². The van der Waals surface area contributed by atoms with Crippen LogP contribution < -0.4 is 14.4 Å². The summed E-state index contributed by atoms with van der Waals surface area (Å²) < 4.78 is 11.3. The number of aromatic nitrogens is 1. The number of halogens is 1. The highest BCUT2D eigenvalue weighted by Gasteiger charge is 2.48. The van der Waals surface area contributed by atoms with E-state index >= 15 is 0 Å². The molecule has 8 nitrogen and oxygen atoms in total. The average Bonchev–Trinajstić information content (AvgIpc) is 3.42. The van der Waals surface area contributed by atoms with Crippen molar-refractivity contribution in [3.05, 3.63) is 82.4 Å². The van der Waals surface area contributed by atoms with Crippen molar-refractivity contribution < 1.29 is 29.3 Å². The number of fused-ring (bicyclic) bond motifs is 1. The Balaban J connectivity index is 1.74. The molecule has 1 fully saturated rings. The summed E-state index contributed by atoms with van der Waals surface area (Å²) in [5.74, 6) is -1.39. The maximum Gasteiger partial charge on any atom is 0.301 e. The molecule has 1 aromatic heterocycles. The maximum absolute atomic E-state index is 13.4. The number of rotatable bonds is 5. The van der Waals surface area contributed by atoms with Gasteiger partial charge in [-0.05, 0) is 60.2 Å². The molecular weight excluding hydrogens is 504 g/mol. The predicted octanol–water partition coefficient (Wildman–Crippen LogP) is 5.30. The Kier molecular flexibility index (Phi) is 6.03. The van der Waals surface area contributed by atoms with Crippen LogP contribution in [0.5, 0.6) is 17.2 Å². The van der Waals surface area contributed by atoms with Crippen molar-refractivity contribution >= 4 is 55.7 Å². The first-order valence-electron chi connectivity index (χ1n) is 10.7. The van der Waals surface area contributed by atoms with Gasteiger partial charge in [-0.2, -0.15) is 0 Å². The summed E-state index contributed by atoms with van der Waals surface area (Å²) >= 11 is 7.20. The number of methoxy groups -OCH3 is 2. The highest BCUT2D eigenvalue weighted by Crippen LogP contribution is 2.46. The minimum absolute atomic E-state index is 0.108. The number of nitrogens with zero attached hydrogens (tertiary/aromatic N) is 2. The first-order chi connectivity index (χ1) is 17.3. The molecule has 2 heterocycles. The third-order valence-electron chi connectivity index (χ3n) is 5.87. The third kappa shape index (κ3) is 3.92. The molecule has 1 aliphatic rings. The summed E-state index contributed by atoms with van der Waals surface area (Å²) in [6.45, 7) is 0. The molecule has 0 radical (unpaired) electrons. The van der Waals surface area contributed by atoms with Crippen molar-refractivity contribution in [3.8, 4) is 17.2 Å². The third-order valence-corrected chi connectivity index (χ3v) is 7.14. The first kappa shape index (κ1) is 23.7. The number of phenolic OH excluding ortho intramolecular Hbond substituents is 1. The van der Waals surface area contributed by atoms with Crippen molar-refractivity contribution in [2.24, 2.45) is 0 Å². The number of thiazole rings is 1. The van der Waals surface area contributed by atoms with Crippen molar-refractivity contribution in [2.45, 2.75) is 6.04 Å². The number of aliphatic hydroxyl groups is 1. The van der Waals surface area contributed by atoms with Gasteiger partial charge in [0, 0.05) is 10.6 Å². The monoisotopic (exact) mass is 522 g/mol. The van der Waals surface area contributed by atoms with Crippen molar-refractivity contribution in [3.63, 3.8) is 0 Å². The average molecular weight is 523 g/mol. The van der Waals surface area contributed by atoms with Gasteiger partial charge in [0.2, 0.25) is 0 Å². The Labute approximate surface area is 214 Å². The van der Waals surface area contributed by atoms with Gasteiger partial charge in [-0.15, -0.1) is 0 Å². The summed E-state index contributed by atoms with van der Waals surface area (Å²) in [5.41, 5.74) is 1.27. The molecule has 182 valence electrons. The Bertz CT molecular complexity index is 1550. The number of hydrogen-bond acceptors (Lipinski definition) is 8. The van der Waals surface area contributed by atoms with E-state index in [9.17, 15) is 19.8 Å². The molecule has 3 aromatic carbocycles. The predicted molar refractivity (Wildman–Crippen MR) is 137 cm³/mol. The van der Waals surface area contributed by atoms with Crippen LogP contribution in [0, 0.1) is 0 Å². The quantitative estimate of drug-likeness (QED) is 0.208. The van der Waals surface area contributed by atoms with E-state index in [1.54, 1.807) is 55.6 Å². The maximum atomic E-state index is 13.4. The normalized spacial score (nSPS) is 17.1. The van der Waals surface area contributed by atoms with E-state index in [0.29, 0.717) is 27.4 Å². The standard InChI is InChI=1S/C26H19ClN2O6S/c1-34-16-8-9-17-20(12-16)36-26(28-17)29-22(14-5-10-18(30)19(11-14)35-2)21(24(32)25(29)33)23(31)13-3-6-15(27)7-4-13/h3-12,22,30-31H,1-2H3/b23-21+. The van der Waals surface area contributed by atoms with E-state index in [4.69, 9.17) is 21.1 Å². The minimum atomic E-state index is -1.03. The Morgan fingerprint density at radius 1 is 1.03 bits per heavy atom. The molecular formula is C26H19ClN2O6S. The zero-order valence-electron chi connectivity index (χ0n) is 19.1. The fourth-order valence-electron chi connectivity index (χ4n) is 4.10. The lowest BCUT2D eigenvalue weighted by atomic mass is 9.95. The number of carbonyl (C=O) groups is 2. The largest absolute Gasteiger partial charge is 0.507 e. The van der Waals surface area contributed by atoms with Gasteiger partial charge in [0.1, 0.15) is 11.5 Å². The molecule has 0 bridgehead atoms. The van der Waals surface area contributed by atoms with Crippen molar-refractivity contribution in [2.75, 3.05) is 19.1 Å². The number of ether oxygens (including phenoxy) is 2. The van der Waals surface area contributed by atoms with Crippen LogP contribution in [0.15, 0.2) is 66.2 Å². The van der Waals surface area contributed by atoms with Crippen LogP contribution in [0.25, 0.3) is 16.0 Å². The Morgan fingerprint density at radius 3 is 2.47 bits per heavy atom. The van der Waals surface area contributed by atoms with E-state index in [1.165, 1.54) is 35.5 Å². The van der Waals surface area contributed by atoms with Crippen molar-refractivity contribution in [1.29, 1.82) is 0 Å². The molecule has 0 saturated carbocycles. The van der Waals surface area contributed by atoms with Crippen LogP contribution in [0.3, 0.4) is 0 Å². The summed E-state index contributed by atoms with van der Waals surface area (Å²) in [6.07, 6.45) is 0. The molecule has 1 unspecified atom stereocenters. The molecule has 1 atom stereocenters. The number of carbonyl (C=O) groups excluding carboxylic acids is 2. The van der Waals surface area contributed by atoms with Gasteiger partial charge in [0.05, 0.1) is 36.1 Å². The lowest BCUT2D eigenvalue weighted by molar-refractivity contribution is -0.132. The molecule has 4 aromatic rings. The van der Waals surface area contributed by atoms with Crippen LogP contribution in [0.2, 0.25) is 5.02 Å². The second-order valence-corrected chi connectivity index (χ2v) is 9.38. The second kappa shape index (κ2) is 9.18. The van der Waals surface area contributed by atoms with Gasteiger partial charge in [-0.25, -0.2) is 4.98 Å². The summed E-state index contributed by atoms with van der Waals surface area (Å²) in [7, 11) is 2.95. The Hall–Kier alpha value is -4.08. The van der Waals surface area contributed by atoms with Crippen LogP contribution in [0.1, 0.15) is 17.2 Å². The molecule has 1 saturated heterocycles. The number of anilines is 1. The SMILES string of the molecule is COc1ccc2nc(N3C(=O)C(=O)/C(=C(/O)c4ccc(Cl)cc4)C3c3ccc(O)c(OC)c3)sc2c1. The van der Waals surface area contributed by atoms with E-state index in [1.807, 2.05) is 0 Å². The Morgan fingerprint density at radius 2 is 1.78 bits per heavy atom. The van der Waals surface area contributed by atoms with Gasteiger partial charge in [0.25, 0.3) is 5.78 Å². The summed E-state index contributed by atoms with van der Waals surface area (Å²) in [6, 6.07) is 15.0. The molecule has 5 rings (SSSR count).